The summed E-state index contributed by atoms with van der Waals surface area (Å²) in [7, 11) is -3.24. The van der Waals surface area contributed by atoms with Crippen molar-refractivity contribution in [2.75, 3.05) is 12.0 Å². The van der Waals surface area contributed by atoms with Gasteiger partial charge in [-0.25, -0.2) is 13.4 Å². The zero-order valence-electron chi connectivity index (χ0n) is 11.8. The lowest BCUT2D eigenvalue weighted by atomic mass is 10.2. The molecule has 0 amide bonds. The summed E-state index contributed by atoms with van der Waals surface area (Å²) in [5.74, 6) is 0.433. The van der Waals surface area contributed by atoms with E-state index in [0.29, 0.717) is 17.0 Å². The highest BCUT2D eigenvalue weighted by molar-refractivity contribution is 7.92. The van der Waals surface area contributed by atoms with E-state index in [1.165, 1.54) is 6.26 Å². The van der Waals surface area contributed by atoms with Crippen molar-refractivity contribution in [3.8, 4) is 0 Å². The molecule has 20 heavy (non-hydrogen) atoms. The molecular weight excluding hydrogens is 278 g/mol. The number of hydrogen-bond acceptors (Lipinski definition) is 5. The molecule has 0 radical (unpaired) electrons. The number of nitrogen functional groups attached to an aromatic ring is 1. The van der Waals surface area contributed by atoms with Crippen LogP contribution in [0.1, 0.15) is 19.7 Å². The lowest BCUT2D eigenvalue weighted by Crippen LogP contribution is -2.36. The maximum Gasteiger partial charge on any atom is 0.154 e. The van der Waals surface area contributed by atoms with Crippen LogP contribution in [0.25, 0.3) is 11.0 Å². The fourth-order valence-corrected chi connectivity index (χ4v) is 2.36. The Morgan fingerprint density at radius 3 is 2.60 bits per heavy atom. The van der Waals surface area contributed by atoms with E-state index in [1.807, 2.05) is 0 Å². The van der Waals surface area contributed by atoms with Crippen molar-refractivity contribution in [3.63, 3.8) is 0 Å². The Kier molecular flexibility index (Phi) is 3.51. The number of nitrogens with two attached hydrogens (primary N) is 1. The lowest BCUT2D eigenvalue weighted by Gasteiger charge is -2.24. The van der Waals surface area contributed by atoms with Gasteiger partial charge in [0.25, 0.3) is 0 Å². The number of sulfone groups is 1. The fraction of sp³-hybridized carbons (Fsp3) is 0.462. The average molecular weight is 297 g/mol. The number of aromatic nitrogens is 2. The molecule has 0 unspecified atom stereocenters. The van der Waals surface area contributed by atoms with Crippen molar-refractivity contribution in [1.29, 1.82) is 0 Å². The Morgan fingerprint density at radius 2 is 2.05 bits per heavy atom. The van der Waals surface area contributed by atoms with Crippen LogP contribution in [0.4, 0.5) is 5.69 Å². The Morgan fingerprint density at radius 1 is 1.40 bits per heavy atom. The second-order valence-corrected chi connectivity index (χ2v) is 8.20. The summed E-state index contributed by atoms with van der Waals surface area (Å²) in [4.78, 5) is 4.30. The minimum absolute atomic E-state index is 0.224. The van der Waals surface area contributed by atoms with Crippen molar-refractivity contribution in [2.45, 2.75) is 31.7 Å². The van der Waals surface area contributed by atoms with Crippen molar-refractivity contribution in [2.24, 2.45) is 0 Å². The molecule has 0 atom stereocenters. The molecule has 1 aromatic heterocycles. The van der Waals surface area contributed by atoms with Gasteiger partial charge in [0.15, 0.2) is 9.84 Å². The van der Waals surface area contributed by atoms with E-state index in [1.54, 1.807) is 36.6 Å². The third-order valence-corrected chi connectivity index (χ3v) is 5.67. The number of rotatable bonds is 4. The lowest BCUT2D eigenvalue weighted by molar-refractivity contribution is 0.264. The molecule has 7 heteroatoms. The molecule has 0 aliphatic carbocycles. The maximum absolute atomic E-state index is 11.9. The molecule has 0 saturated carbocycles. The molecule has 0 fully saturated rings. The number of aliphatic hydroxyl groups excluding tert-OH is 1. The smallest absolute Gasteiger partial charge is 0.154 e. The van der Waals surface area contributed by atoms with E-state index in [2.05, 4.69) is 4.98 Å². The quantitative estimate of drug-likeness (QED) is 0.818. The zero-order valence-corrected chi connectivity index (χ0v) is 12.6. The fourth-order valence-electron chi connectivity index (χ4n) is 1.99. The summed E-state index contributed by atoms with van der Waals surface area (Å²) in [5.41, 5.74) is 7.71. The summed E-state index contributed by atoms with van der Waals surface area (Å²) >= 11 is 0. The molecule has 0 aliphatic rings. The van der Waals surface area contributed by atoms with Crippen LogP contribution in [0.2, 0.25) is 0 Å². The van der Waals surface area contributed by atoms with Crippen LogP contribution in [0.5, 0.6) is 0 Å². The van der Waals surface area contributed by atoms with Gasteiger partial charge >= 0.3 is 0 Å². The molecule has 0 spiro atoms. The van der Waals surface area contributed by atoms with Crippen LogP contribution >= 0.6 is 0 Å². The first kappa shape index (κ1) is 14.8. The number of nitrogens with zero attached hydrogens (tertiary/aromatic N) is 2. The molecular formula is C13H19N3O3S. The molecule has 0 saturated heterocycles. The molecule has 2 aromatic rings. The summed E-state index contributed by atoms with van der Waals surface area (Å²) in [6.07, 6.45) is 1.21. The minimum atomic E-state index is -3.24. The Hall–Kier alpha value is -1.60. The first-order valence-electron chi connectivity index (χ1n) is 6.21. The second kappa shape index (κ2) is 4.75. The van der Waals surface area contributed by atoms with E-state index in [0.717, 1.165) is 5.52 Å². The van der Waals surface area contributed by atoms with Crippen LogP contribution in [-0.4, -0.2) is 34.1 Å². The second-order valence-electron chi connectivity index (χ2n) is 5.55. The predicted octanol–water partition coefficient (Wildman–Crippen LogP) is 0.934. The molecule has 0 bridgehead atoms. The largest absolute Gasteiger partial charge is 0.399 e. The molecule has 0 aliphatic heterocycles. The highest BCUT2D eigenvalue weighted by Crippen LogP contribution is 2.24. The third kappa shape index (κ3) is 2.51. The highest BCUT2D eigenvalue weighted by Gasteiger charge is 2.32. The van der Waals surface area contributed by atoms with Gasteiger partial charge in [-0.1, -0.05) is 0 Å². The highest BCUT2D eigenvalue weighted by atomic mass is 32.2. The third-order valence-electron chi connectivity index (χ3n) is 3.54. The van der Waals surface area contributed by atoms with Gasteiger partial charge in [-0.05, 0) is 32.0 Å². The normalized spacial score (nSPS) is 13.0. The first-order valence-corrected chi connectivity index (χ1v) is 8.10. The summed E-state index contributed by atoms with van der Waals surface area (Å²) in [5, 5.41) is 9.42. The molecule has 110 valence electrons. The number of aliphatic hydroxyl groups is 1. The number of fused-ring (bicyclic) bond motifs is 1. The van der Waals surface area contributed by atoms with Crippen molar-refractivity contribution >= 4 is 26.6 Å². The van der Waals surface area contributed by atoms with Gasteiger partial charge in [-0.3, -0.25) is 0 Å². The number of imidazole rings is 1. The van der Waals surface area contributed by atoms with Gasteiger partial charge in [0, 0.05) is 18.5 Å². The first-order chi connectivity index (χ1) is 9.15. The summed E-state index contributed by atoms with van der Waals surface area (Å²) in [6.45, 7) is 3.29. The van der Waals surface area contributed by atoms with Gasteiger partial charge < -0.3 is 15.4 Å². The monoisotopic (exact) mass is 297 g/mol. The van der Waals surface area contributed by atoms with E-state index in [-0.39, 0.29) is 13.2 Å². The van der Waals surface area contributed by atoms with Crippen LogP contribution in [0.3, 0.4) is 0 Å². The maximum atomic E-state index is 11.9. The molecule has 3 N–H and O–H groups in total. The van der Waals surface area contributed by atoms with E-state index in [4.69, 9.17) is 5.73 Å². The SMILES string of the molecule is CC(C)(Cn1c(CO)nc2cc(N)ccc21)S(C)(=O)=O. The van der Waals surface area contributed by atoms with Crippen LogP contribution in [0.15, 0.2) is 18.2 Å². The Bertz CT molecular complexity index is 748. The van der Waals surface area contributed by atoms with Gasteiger partial charge in [-0.15, -0.1) is 0 Å². The Balaban J connectivity index is 2.59. The van der Waals surface area contributed by atoms with Crippen LogP contribution in [0, 0.1) is 0 Å². The topological polar surface area (TPSA) is 98.2 Å². The molecule has 1 heterocycles. The summed E-state index contributed by atoms with van der Waals surface area (Å²) < 4.78 is 24.5. The van der Waals surface area contributed by atoms with Gasteiger partial charge in [-0.2, -0.15) is 0 Å². The van der Waals surface area contributed by atoms with Crippen molar-refractivity contribution in [1.82, 2.24) is 9.55 Å². The number of anilines is 1. The van der Waals surface area contributed by atoms with Gasteiger partial charge in [0.05, 0.1) is 15.8 Å². The van der Waals surface area contributed by atoms with Gasteiger partial charge in [0.1, 0.15) is 12.4 Å². The minimum Gasteiger partial charge on any atom is -0.399 e. The van der Waals surface area contributed by atoms with Crippen LogP contribution < -0.4 is 5.73 Å². The molecule has 1 aromatic carbocycles. The van der Waals surface area contributed by atoms with Crippen molar-refractivity contribution < 1.29 is 13.5 Å². The van der Waals surface area contributed by atoms with E-state index < -0.39 is 14.6 Å². The standard InChI is InChI=1S/C13H19N3O3S/c1-13(2,20(3,18)19)8-16-11-5-4-9(14)6-10(11)15-12(16)7-17/h4-6,17H,7-8,14H2,1-3H3. The van der Waals surface area contributed by atoms with Crippen LogP contribution in [-0.2, 0) is 23.0 Å². The zero-order chi connectivity index (χ0) is 15.1. The summed E-state index contributed by atoms with van der Waals surface area (Å²) in [6, 6.07) is 5.22. The average Bonchev–Trinajstić information content (AvgIpc) is 2.64. The number of hydrogen-bond donors (Lipinski definition) is 2. The molecule has 2 rings (SSSR count). The van der Waals surface area contributed by atoms with Gasteiger partial charge in [0.2, 0.25) is 0 Å². The molecule has 6 nitrogen and oxygen atoms in total. The van der Waals surface area contributed by atoms with Crippen molar-refractivity contribution in [3.05, 3.63) is 24.0 Å². The predicted molar refractivity (Wildman–Crippen MR) is 79.0 cm³/mol. The number of benzene rings is 1. The Labute approximate surface area is 118 Å². The van der Waals surface area contributed by atoms with E-state index >= 15 is 0 Å². The van der Waals surface area contributed by atoms with E-state index in [9.17, 15) is 13.5 Å².